The molecule has 0 fully saturated rings. The van der Waals surface area contributed by atoms with Gasteiger partial charge < -0.3 is 19.0 Å². The summed E-state index contributed by atoms with van der Waals surface area (Å²) in [6.07, 6.45) is 0.750. The lowest BCUT2D eigenvalue weighted by atomic mass is 10.1. The van der Waals surface area contributed by atoms with Crippen molar-refractivity contribution in [3.05, 3.63) is 28.8 Å². The Hall–Kier alpha value is -1.16. The molecule has 9 heteroatoms. The molecule has 0 bridgehead atoms. The molecule has 0 radical (unpaired) electrons. The van der Waals surface area contributed by atoms with Gasteiger partial charge in [0.25, 0.3) is 0 Å². The topological polar surface area (TPSA) is 78.9 Å². The number of rotatable bonds is 6. The third-order valence-electron chi connectivity index (χ3n) is 2.34. The molecular weight excluding hydrogens is 384 g/mol. The van der Waals surface area contributed by atoms with Crippen molar-refractivity contribution in [1.29, 1.82) is 0 Å². The molecule has 0 amide bonds. The zero-order chi connectivity index (χ0) is 19.8. The molecule has 0 aliphatic heterocycles. The van der Waals surface area contributed by atoms with Gasteiger partial charge in [0, 0.05) is 23.1 Å². The summed E-state index contributed by atoms with van der Waals surface area (Å²) in [7, 11) is 1.56. The molecular formula is C16H24O6S3. The van der Waals surface area contributed by atoms with Gasteiger partial charge >= 0.3 is 10.6 Å². The number of hydrogen-bond donors (Lipinski definition) is 3. The van der Waals surface area contributed by atoms with E-state index in [1.165, 1.54) is 6.92 Å². The van der Waals surface area contributed by atoms with E-state index in [0.717, 1.165) is 11.8 Å². The second-order valence-corrected chi connectivity index (χ2v) is 5.22. The van der Waals surface area contributed by atoms with E-state index in [1.807, 2.05) is 13.8 Å². The highest BCUT2D eigenvalue weighted by molar-refractivity contribution is 7.96. The van der Waals surface area contributed by atoms with Gasteiger partial charge in [-0.15, -0.1) is 12.6 Å². The van der Waals surface area contributed by atoms with Crippen LogP contribution < -0.4 is 0 Å². The normalized spacial score (nSPS) is 8.92. The molecule has 0 aliphatic rings. The number of methoxy groups -OCH3 is 1. The minimum atomic E-state index is -0.682. The number of thiol groups is 3. The maximum atomic E-state index is 10.8. The molecule has 0 spiro atoms. The summed E-state index contributed by atoms with van der Waals surface area (Å²) in [5, 5.41) is -1.36. The number of hydrogen-bond acceptors (Lipinski definition) is 7. The number of benzene rings is 1. The van der Waals surface area contributed by atoms with Gasteiger partial charge in [0.15, 0.2) is 0 Å². The Morgan fingerprint density at radius 3 is 1.64 bits per heavy atom. The first-order chi connectivity index (χ1) is 11.8. The summed E-state index contributed by atoms with van der Waals surface area (Å²) >= 11 is 11.4. The van der Waals surface area contributed by atoms with Crippen molar-refractivity contribution < 1.29 is 28.6 Å². The Kier molecular flexibility index (Phi) is 17.0. The molecule has 0 heterocycles. The highest BCUT2D eigenvalue weighted by Crippen LogP contribution is 2.24. The Bertz CT molecular complexity index is 510. The Morgan fingerprint density at radius 1 is 1.00 bits per heavy atom. The first kappa shape index (κ1) is 26.1. The number of carbonyl (C=O) groups excluding carboxylic acids is 3. The molecule has 142 valence electrons. The molecule has 0 saturated carbocycles. The zero-order valence-electron chi connectivity index (χ0n) is 14.6. The van der Waals surface area contributed by atoms with Crippen LogP contribution in [0.25, 0.3) is 0 Å². The molecule has 6 nitrogen and oxygen atoms in total. The molecule has 0 atom stereocenters. The van der Waals surface area contributed by atoms with Crippen LogP contribution in [0.1, 0.15) is 37.5 Å². The highest BCUT2D eigenvalue weighted by Gasteiger charge is 2.11. The monoisotopic (exact) mass is 408 g/mol. The SMILES string of the molecule is CC.CC=O.COCc1cc(COC(=O)S)c(S)c(COC(=O)S)c1. The molecule has 0 aliphatic carbocycles. The van der Waals surface area contributed by atoms with Crippen LogP contribution in [0, 0.1) is 0 Å². The first-order valence-corrected chi connectivity index (χ1v) is 8.63. The first-order valence-electron chi connectivity index (χ1n) is 7.29. The van der Waals surface area contributed by atoms with Crippen molar-refractivity contribution in [2.75, 3.05) is 7.11 Å². The molecule has 1 rings (SSSR count). The summed E-state index contributed by atoms with van der Waals surface area (Å²) in [6.45, 7) is 5.87. The Morgan fingerprint density at radius 2 is 1.36 bits per heavy atom. The average Bonchev–Trinajstić information content (AvgIpc) is 2.56. The second kappa shape index (κ2) is 16.3. The van der Waals surface area contributed by atoms with Crippen LogP contribution in [0.3, 0.4) is 0 Å². The lowest BCUT2D eigenvalue weighted by Gasteiger charge is -2.13. The van der Waals surface area contributed by atoms with Crippen LogP contribution in [-0.4, -0.2) is 24.0 Å². The maximum Gasteiger partial charge on any atom is 0.364 e. The van der Waals surface area contributed by atoms with Gasteiger partial charge in [-0.2, -0.15) is 0 Å². The minimum Gasteiger partial charge on any atom is -0.453 e. The van der Waals surface area contributed by atoms with E-state index in [2.05, 4.69) is 37.9 Å². The molecule has 0 unspecified atom stereocenters. The van der Waals surface area contributed by atoms with E-state index in [0.29, 0.717) is 22.6 Å². The van der Waals surface area contributed by atoms with Gasteiger partial charge in [0.05, 0.1) is 6.61 Å². The molecule has 1 aromatic rings. The van der Waals surface area contributed by atoms with Crippen molar-refractivity contribution in [2.24, 2.45) is 0 Å². The fourth-order valence-corrected chi connectivity index (χ4v) is 1.97. The van der Waals surface area contributed by atoms with E-state index in [1.54, 1.807) is 19.2 Å². The van der Waals surface area contributed by atoms with Crippen LogP contribution in [0.5, 0.6) is 0 Å². The summed E-state index contributed by atoms with van der Waals surface area (Å²) in [4.78, 5) is 30.9. The standard InChI is InChI=1S/C12H14O5S3.C2H4O.C2H6/c1-15-4-7-2-8(5-16-11(13)19)10(18)9(3-7)6-17-12(14)20;1-2-3;1-2/h2-3,18H,4-6H2,1H3,(H,13,19)(H,14,20);2H,1H3;1-2H3. The molecule has 1 aromatic carbocycles. The Balaban J connectivity index is 0. The predicted octanol–water partition coefficient (Wildman–Crippen LogP) is 4.49. The van der Waals surface area contributed by atoms with E-state index >= 15 is 0 Å². The number of carbonyl (C=O) groups is 3. The van der Waals surface area contributed by atoms with Crippen molar-refractivity contribution >= 4 is 54.8 Å². The van der Waals surface area contributed by atoms with Gasteiger partial charge in [-0.1, -0.05) is 39.1 Å². The summed E-state index contributed by atoms with van der Waals surface area (Å²) in [5.41, 5.74) is 2.20. The highest BCUT2D eigenvalue weighted by atomic mass is 32.1. The van der Waals surface area contributed by atoms with Crippen molar-refractivity contribution in [3.63, 3.8) is 0 Å². The van der Waals surface area contributed by atoms with Gasteiger partial charge in [-0.3, -0.25) is 0 Å². The third-order valence-corrected chi connectivity index (χ3v) is 3.17. The van der Waals surface area contributed by atoms with Crippen LogP contribution >= 0.6 is 37.9 Å². The fourth-order valence-electron chi connectivity index (χ4n) is 1.58. The molecule has 0 N–H and O–H groups in total. The van der Waals surface area contributed by atoms with Crippen LogP contribution in [0.2, 0.25) is 0 Å². The van der Waals surface area contributed by atoms with Crippen molar-refractivity contribution in [1.82, 2.24) is 0 Å². The van der Waals surface area contributed by atoms with Crippen molar-refractivity contribution in [2.45, 2.75) is 45.5 Å². The quantitative estimate of drug-likeness (QED) is 0.366. The molecule has 0 saturated heterocycles. The maximum absolute atomic E-state index is 10.8. The average molecular weight is 409 g/mol. The van der Waals surface area contributed by atoms with E-state index in [9.17, 15) is 9.59 Å². The number of ether oxygens (including phenoxy) is 3. The van der Waals surface area contributed by atoms with Gasteiger partial charge in [0.1, 0.15) is 19.5 Å². The smallest absolute Gasteiger partial charge is 0.364 e. The van der Waals surface area contributed by atoms with Crippen LogP contribution in [0.15, 0.2) is 17.0 Å². The van der Waals surface area contributed by atoms with Crippen LogP contribution in [-0.2, 0) is 38.8 Å². The summed E-state index contributed by atoms with van der Waals surface area (Å²) < 4.78 is 14.7. The van der Waals surface area contributed by atoms with E-state index in [-0.39, 0.29) is 13.2 Å². The van der Waals surface area contributed by atoms with Gasteiger partial charge in [-0.25, -0.2) is 9.59 Å². The lowest BCUT2D eigenvalue weighted by Crippen LogP contribution is -2.03. The second-order valence-electron chi connectivity index (χ2n) is 4.04. The predicted molar refractivity (Wildman–Crippen MR) is 106 cm³/mol. The number of aldehydes is 1. The third kappa shape index (κ3) is 12.8. The van der Waals surface area contributed by atoms with Gasteiger partial charge in [0.2, 0.25) is 0 Å². The van der Waals surface area contributed by atoms with Gasteiger partial charge in [-0.05, 0) is 24.6 Å². The zero-order valence-corrected chi connectivity index (χ0v) is 17.3. The molecule has 0 aromatic heterocycles. The minimum absolute atomic E-state index is 0.0283. The largest absolute Gasteiger partial charge is 0.453 e. The van der Waals surface area contributed by atoms with Crippen LogP contribution in [0.4, 0.5) is 9.59 Å². The Labute approximate surface area is 164 Å². The fraction of sp³-hybridized carbons (Fsp3) is 0.438. The van der Waals surface area contributed by atoms with Crippen molar-refractivity contribution in [3.8, 4) is 0 Å². The summed E-state index contributed by atoms with van der Waals surface area (Å²) in [5.74, 6) is 0. The van der Waals surface area contributed by atoms with E-state index in [4.69, 9.17) is 19.0 Å². The summed E-state index contributed by atoms with van der Waals surface area (Å²) in [6, 6.07) is 3.60. The van der Waals surface area contributed by atoms with E-state index < -0.39 is 10.6 Å². The molecule has 25 heavy (non-hydrogen) atoms. The lowest BCUT2D eigenvalue weighted by molar-refractivity contribution is -0.106.